The van der Waals surface area contributed by atoms with Gasteiger partial charge in [0.15, 0.2) is 23.0 Å². The van der Waals surface area contributed by atoms with Crippen LogP contribution >= 0.6 is 0 Å². The molecule has 1 saturated heterocycles. The van der Waals surface area contributed by atoms with Crippen LogP contribution in [0.4, 0.5) is 11.6 Å². The molecule has 2 aromatic carbocycles. The highest BCUT2D eigenvalue weighted by atomic mass is 32.2. The van der Waals surface area contributed by atoms with E-state index in [0.29, 0.717) is 86.6 Å². The second kappa shape index (κ2) is 23.5. The molecule has 1 fully saturated rings. The highest BCUT2D eigenvalue weighted by Gasteiger charge is 2.20. The highest BCUT2D eigenvalue weighted by molar-refractivity contribution is 7.85. The van der Waals surface area contributed by atoms with E-state index < -0.39 is 20.2 Å². The van der Waals surface area contributed by atoms with Gasteiger partial charge in [0.05, 0.1) is 52.2 Å². The minimum atomic E-state index is -3.67. The lowest BCUT2D eigenvalue weighted by molar-refractivity contribution is 0.261. The van der Waals surface area contributed by atoms with Gasteiger partial charge in [-0.05, 0) is 108 Å². The van der Waals surface area contributed by atoms with Crippen molar-refractivity contribution >= 4 is 31.9 Å². The summed E-state index contributed by atoms with van der Waals surface area (Å²) in [6, 6.07) is 16.4. The lowest BCUT2D eigenvalue weighted by Crippen LogP contribution is -2.31. The SMILES string of the molecule is CCOc1cc(-c2ccc(N3CCCN(c4ccc(-c5cc(OCC)c(OCC)c(OCC)c5)cn4)CC3)nc2)cc(OCC)c1OCC.CS(=O)(=O)O.CS(=O)(=O)O. The number of aromatic nitrogens is 2. The molecule has 0 amide bonds. The summed E-state index contributed by atoms with van der Waals surface area (Å²) in [6.07, 6.45) is 6.28. The molecule has 59 heavy (non-hydrogen) atoms. The van der Waals surface area contributed by atoms with Crippen molar-refractivity contribution in [3.05, 3.63) is 60.9 Å². The van der Waals surface area contributed by atoms with Gasteiger partial charge < -0.3 is 38.2 Å². The van der Waals surface area contributed by atoms with Crippen molar-refractivity contribution in [3.8, 4) is 56.8 Å². The van der Waals surface area contributed by atoms with Crippen LogP contribution in [-0.4, -0.2) is 114 Å². The maximum Gasteiger partial charge on any atom is 0.261 e. The number of rotatable bonds is 16. The van der Waals surface area contributed by atoms with Crippen LogP contribution in [0.1, 0.15) is 48.0 Å². The molecule has 0 atom stereocenters. The van der Waals surface area contributed by atoms with Crippen LogP contribution in [0.15, 0.2) is 60.9 Å². The first kappa shape index (κ1) is 48.3. The van der Waals surface area contributed by atoms with Crippen LogP contribution in [0.5, 0.6) is 34.5 Å². The molecule has 1 aliphatic rings. The topological polar surface area (TPSA) is 196 Å². The van der Waals surface area contributed by atoms with E-state index in [-0.39, 0.29) is 0 Å². The van der Waals surface area contributed by atoms with Crippen LogP contribution < -0.4 is 38.2 Å². The van der Waals surface area contributed by atoms with E-state index >= 15 is 0 Å². The van der Waals surface area contributed by atoms with Crippen LogP contribution in [0.25, 0.3) is 22.3 Å². The predicted octanol–water partition coefficient (Wildman–Crippen LogP) is 6.93. The van der Waals surface area contributed by atoms with Crippen LogP contribution in [0, 0.1) is 0 Å². The van der Waals surface area contributed by atoms with E-state index in [4.69, 9.17) is 47.5 Å². The van der Waals surface area contributed by atoms with Crippen molar-refractivity contribution in [2.75, 3.05) is 88.1 Å². The summed E-state index contributed by atoms with van der Waals surface area (Å²) >= 11 is 0. The summed E-state index contributed by atoms with van der Waals surface area (Å²) in [6.45, 7) is 18.5. The van der Waals surface area contributed by atoms with Gasteiger partial charge in [-0.3, -0.25) is 9.11 Å². The predicted molar refractivity (Wildman–Crippen MR) is 230 cm³/mol. The molecule has 0 spiro atoms. The Morgan fingerprint density at radius 1 is 0.492 bits per heavy atom. The van der Waals surface area contributed by atoms with Gasteiger partial charge in [-0.25, -0.2) is 9.97 Å². The fourth-order valence-corrected chi connectivity index (χ4v) is 5.97. The highest BCUT2D eigenvalue weighted by Crippen LogP contribution is 2.43. The molecule has 2 N–H and O–H groups in total. The fourth-order valence-electron chi connectivity index (χ4n) is 5.97. The molecule has 1 aliphatic heterocycles. The Hall–Kier alpha value is -5.04. The average Bonchev–Trinajstić information content (AvgIpc) is 3.43. The van der Waals surface area contributed by atoms with Gasteiger partial charge in [0.2, 0.25) is 11.5 Å². The molecule has 2 aromatic heterocycles. The zero-order valence-corrected chi connectivity index (χ0v) is 36.8. The van der Waals surface area contributed by atoms with Crippen molar-refractivity contribution < 1.29 is 54.4 Å². The summed E-state index contributed by atoms with van der Waals surface area (Å²) in [5.74, 6) is 5.89. The number of anilines is 2. The van der Waals surface area contributed by atoms with E-state index in [1.807, 2.05) is 78.2 Å². The molecule has 0 saturated carbocycles. The van der Waals surface area contributed by atoms with E-state index in [2.05, 4.69) is 34.1 Å². The Morgan fingerprint density at radius 2 is 0.780 bits per heavy atom. The summed E-state index contributed by atoms with van der Waals surface area (Å²) in [7, 11) is -7.33. The Labute approximate surface area is 348 Å². The van der Waals surface area contributed by atoms with Crippen molar-refractivity contribution in [1.29, 1.82) is 0 Å². The van der Waals surface area contributed by atoms with Crippen LogP contribution in [-0.2, 0) is 20.2 Å². The van der Waals surface area contributed by atoms with E-state index in [1.54, 1.807) is 0 Å². The summed E-state index contributed by atoms with van der Waals surface area (Å²) in [5, 5.41) is 0. The monoisotopic (exact) mass is 862 g/mol. The smallest absolute Gasteiger partial charge is 0.261 e. The Morgan fingerprint density at radius 3 is 1.02 bits per heavy atom. The molecule has 16 nitrogen and oxygen atoms in total. The molecule has 0 radical (unpaired) electrons. The van der Waals surface area contributed by atoms with Crippen molar-refractivity contribution in [3.63, 3.8) is 0 Å². The van der Waals surface area contributed by atoms with E-state index in [9.17, 15) is 16.8 Å². The zero-order valence-electron chi connectivity index (χ0n) is 35.1. The third kappa shape index (κ3) is 16.3. The third-order valence-corrected chi connectivity index (χ3v) is 8.12. The Balaban J connectivity index is 0.000000831. The third-order valence-electron chi connectivity index (χ3n) is 8.12. The molecule has 18 heteroatoms. The van der Waals surface area contributed by atoms with Crippen molar-refractivity contribution in [1.82, 2.24) is 9.97 Å². The minimum Gasteiger partial charge on any atom is -0.490 e. The number of pyridine rings is 2. The summed E-state index contributed by atoms with van der Waals surface area (Å²) in [5.41, 5.74) is 3.92. The molecular formula is C41H58N4O12S2. The first-order valence-corrected chi connectivity index (χ1v) is 23.1. The molecule has 5 rings (SSSR count). The molecule has 4 aromatic rings. The van der Waals surface area contributed by atoms with Crippen LogP contribution in [0.3, 0.4) is 0 Å². The van der Waals surface area contributed by atoms with Gasteiger partial charge in [0.1, 0.15) is 11.6 Å². The van der Waals surface area contributed by atoms with E-state index in [1.165, 1.54) is 0 Å². The van der Waals surface area contributed by atoms with E-state index in [0.717, 1.165) is 66.5 Å². The van der Waals surface area contributed by atoms with Gasteiger partial charge in [0, 0.05) is 49.7 Å². The number of hydrogen-bond donors (Lipinski definition) is 2. The maximum atomic E-state index is 9.19. The average molecular weight is 863 g/mol. The minimum absolute atomic E-state index is 0.527. The summed E-state index contributed by atoms with van der Waals surface area (Å²) < 4.78 is 87.2. The number of benzene rings is 2. The van der Waals surface area contributed by atoms with Gasteiger partial charge in [0.25, 0.3) is 20.2 Å². The van der Waals surface area contributed by atoms with Crippen molar-refractivity contribution in [2.45, 2.75) is 48.0 Å². The second-order valence-electron chi connectivity index (χ2n) is 12.8. The second-order valence-corrected chi connectivity index (χ2v) is 15.7. The number of ether oxygens (including phenoxy) is 6. The van der Waals surface area contributed by atoms with Gasteiger partial charge in [-0.1, -0.05) is 0 Å². The largest absolute Gasteiger partial charge is 0.490 e. The van der Waals surface area contributed by atoms with Gasteiger partial charge in [-0.2, -0.15) is 16.8 Å². The lowest BCUT2D eigenvalue weighted by atomic mass is 10.1. The Bertz CT molecular complexity index is 1900. The lowest BCUT2D eigenvalue weighted by Gasteiger charge is -2.24. The number of nitrogens with zero attached hydrogens (tertiary/aromatic N) is 4. The Kier molecular flexibility index (Phi) is 19.3. The quantitative estimate of drug-likeness (QED) is 0.110. The zero-order chi connectivity index (χ0) is 43.6. The first-order chi connectivity index (χ1) is 28.0. The first-order valence-electron chi connectivity index (χ1n) is 19.4. The van der Waals surface area contributed by atoms with Crippen molar-refractivity contribution in [2.24, 2.45) is 0 Å². The molecule has 0 bridgehead atoms. The molecule has 3 heterocycles. The standard InChI is InChI=1S/C39H50N4O6.2CH4O3S/c1-7-44-32-22-30(23-33(45-8-2)38(32)48-11-5)28-14-16-36(40-26-28)42-18-13-19-43(21-20-42)37-17-15-29(27-41-37)31-24-34(46-9-3)39(49-12-6)35(25-31)47-10-4;2*1-5(2,3)4/h14-17,22-27H,7-13,18-21H2,1-6H3;2*1H3,(H,2,3,4). The van der Waals surface area contributed by atoms with Gasteiger partial charge in [-0.15, -0.1) is 0 Å². The fraction of sp³-hybridized carbons (Fsp3) is 0.463. The molecule has 0 unspecified atom stereocenters. The molecular weight excluding hydrogens is 805 g/mol. The molecule has 326 valence electrons. The number of hydrogen-bond acceptors (Lipinski definition) is 14. The normalized spacial score (nSPS) is 12.8. The van der Waals surface area contributed by atoms with Gasteiger partial charge >= 0.3 is 0 Å². The molecule has 0 aliphatic carbocycles. The summed E-state index contributed by atoms with van der Waals surface area (Å²) in [4.78, 5) is 14.5. The van der Waals surface area contributed by atoms with Crippen LogP contribution in [0.2, 0.25) is 0 Å². The maximum absolute atomic E-state index is 9.19.